The molecule has 3 rings (SSSR count). The summed E-state index contributed by atoms with van der Waals surface area (Å²) in [7, 11) is 0. The van der Waals surface area contributed by atoms with Crippen molar-refractivity contribution in [1.82, 2.24) is 4.98 Å². The Morgan fingerprint density at radius 1 is 0.970 bits per heavy atom. The van der Waals surface area contributed by atoms with E-state index < -0.39 is 0 Å². The van der Waals surface area contributed by atoms with Crippen molar-refractivity contribution in [3.8, 4) is 11.6 Å². The summed E-state index contributed by atoms with van der Waals surface area (Å²) in [4.78, 5) is 16.0. The van der Waals surface area contributed by atoms with Crippen LogP contribution >= 0.6 is 0 Å². The molecule has 179 valence electrons. The van der Waals surface area contributed by atoms with Crippen molar-refractivity contribution in [3.63, 3.8) is 0 Å². The van der Waals surface area contributed by atoms with E-state index in [2.05, 4.69) is 11.1 Å². The van der Waals surface area contributed by atoms with Gasteiger partial charge >= 0.3 is 0 Å². The average Bonchev–Trinajstić information content (AvgIpc) is 2.82. The zero-order chi connectivity index (χ0) is 23.3. The van der Waals surface area contributed by atoms with Crippen LogP contribution in [-0.4, -0.2) is 15.9 Å². The van der Waals surface area contributed by atoms with Gasteiger partial charge in [-0.2, -0.15) is 18.2 Å². The Morgan fingerprint density at radius 2 is 1.58 bits per heavy atom. The maximum absolute atomic E-state index is 11.7. The third kappa shape index (κ3) is 9.11. The number of rotatable bonds is 9. The van der Waals surface area contributed by atoms with Crippen molar-refractivity contribution >= 4 is 16.6 Å². The quantitative estimate of drug-likeness (QED) is 0.151. The van der Waals surface area contributed by atoms with E-state index in [-0.39, 0.29) is 43.5 Å². The third-order valence-corrected chi connectivity index (χ3v) is 5.58. The summed E-state index contributed by atoms with van der Waals surface area (Å²) in [6.07, 6.45) is 6.72. The van der Waals surface area contributed by atoms with E-state index in [9.17, 15) is 9.90 Å². The number of aliphatic hydroxyl groups is 1. The molecule has 1 N–H and O–H groups in total. The summed E-state index contributed by atoms with van der Waals surface area (Å²) >= 11 is 0. The molecule has 3 aromatic rings. The Bertz CT molecular complexity index is 996. The largest absolute Gasteiger partial charge is 0.512 e. The first-order chi connectivity index (χ1) is 15.5. The predicted octanol–water partition coefficient (Wildman–Crippen LogP) is 7.69. The number of ether oxygens (including phenoxy) is 1. The molecule has 33 heavy (non-hydrogen) atoms. The van der Waals surface area contributed by atoms with Gasteiger partial charge in [-0.1, -0.05) is 52.0 Å². The summed E-state index contributed by atoms with van der Waals surface area (Å²) in [6, 6.07) is 20.5. The first-order valence-electron chi connectivity index (χ1n) is 11.5. The van der Waals surface area contributed by atoms with Gasteiger partial charge in [0.1, 0.15) is 0 Å². The number of allylic oxidation sites excluding steroid dienone is 2. The molecule has 5 heteroatoms. The van der Waals surface area contributed by atoms with Crippen molar-refractivity contribution in [2.45, 2.75) is 53.4 Å². The normalized spacial score (nSPS) is 11.0. The molecule has 0 saturated carbocycles. The predicted molar refractivity (Wildman–Crippen MR) is 131 cm³/mol. The number of hydrogen-bond donors (Lipinski definition) is 1. The van der Waals surface area contributed by atoms with E-state index >= 15 is 0 Å². The number of fused-ring (bicyclic) bond motifs is 1. The van der Waals surface area contributed by atoms with Crippen LogP contribution in [-0.2, 0) is 24.9 Å². The molecular formula is C28H34IrNO3-. The van der Waals surface area contributed by atoms with E-state index in [0.717, 1.165) is 36.5 Å². The molecule has 2 aromatic carbocycles. The zero-order valence-electron chi connectivity index (χ0n) is 19.9. The number of aliphatic hydroxyl groups excluding tert-OH is 1. The molecule has 0 atom stereocenters. The number of benzene rings is 2. The second kappa shape index (κ2) is 15.4. The fraction of sp³-hybridized carbons (Fsp3) is 0.357. The van der Waals surface area contributed by atoms with E-state index in [0.29, 0.717) is 11.6 Å². The number of aromatic nitrogens is 1. The first-order valence-corrected chi connectivity index (χ1v) is 11.5. The molecular weight excluding hydrogens is 591 g/mol. The van der Waals surface area contributed by atoms with Gasteiger partial charge in [0.25, 0.3) is 0 Å². The van der Waals surface area contributed by atoms with Crippen LogP contribution in [0.15, 0.2) is 72.6 Å². The van der Waals surface area contributed by atoms with Crippen LogP contribution < -0.4 is 4.74 Å². The molecule has 4 nitrogen and oxygen atoms in total. The van der Waals surface area contributed by atoms with Gasteiger partial charge in [0.2, 0.25) is 5.88 Å². The second-order valence-electron chi connectivity index (χ2n) is 7.70. The molecule has 0 aliphatic heterocycles. The van der Waals surface area contributed by atoms with E-state index in [1.165, 1.54) is 6.08 Å². The number of carbonyl (C=O) groups is 1. The van der Waals surface area contributed by atoms with Crippen LogP contribution in [0.25, 0.3) is 10.8 Å². The van der Waals surface area contributed by atoms with Crippen LogP contribution in [0.4, 0.5) is 0 Å². The topological polar surface area (TPSA) is 59.4 Å². The Hall–Kier alpha value is -2.49. The minimum absolute atomic E-state index is 0. The minimum atomic E-state index is 0. The molecule has 0 spiro atoms. The van der Waals surface area contributed by atoms with Crippen molar-refractivity contribution in [2.24, 2.45) is 11.8 Å². The van der Waals surface area contributed by atoms with Gasteiger partial charge in [-0.3, -0.25) is 4.79 Å². The second-order valence-corrected chi connectivity index (χ2v) is 7.70. The molecule has 0 aliphatic rings. The molecule has 0 amide bonds. The zero-order valence-corrected chi connectivity index (χ0v) is 22.3. The molecule has 1 radical (unpaired) electrons. The van der Waals surface area contributed by atoms with Gasteiger partial charge in [-0.25, -0.2) is 4.98 Å². The van der Waals surface area contributed by atoms with Crippen molar-refractivity contribution in [3.05, 3.63) is 78.7 Å². The monoisotopic (exact) mass is 625 g/mol. The van der Waals surface area contributed by atoms with Gasteiger partial charge < -0.3 is 9.84 Å². The molecule has 0 fully saturated rings. The van der Waals surface area contributed by atoms with Gasteiger partial charge in [0.05, 0.1) is 5.76 Å². The van der Waals surface area contributed by atoms with Gasteiger partial charge in [0.15, 0.2) is 5.78 Å². The van der Waals surface area contributed by atoms with Gasteiger partial charge in [-0.15, -0.1) is 12.1 Å². The smallest absolute Gasteiger partial charge is 0.217 e. The number of pyridine rings is 1. The van der Waals surface area contributed by atoms with Crippen LogP contribution in [0.5, 0.6) is 11.6 Å². The van der Waals surface area contributed by atoms with Crippen molar-refractivity contribution < 1.29 is 34.7 Å². The standard InChI is InChI=1S/C15H10NO.C13H24O2.Ir/c1-2-8-14(9-3-1)17-15-10-12-6-4-5-7-13(12)11-16-15;1-5-10(6-2)12(14)9-13(15)11(7-3)8-4;/h1-8,10-11H;9-11,14H,5-8H2,1-4H3;/q-1;;/b;12-9-;. The van der Waals surface area contributed by atoms with Gasteiger partial charge in [0, 0.05) is 61.4 Å². The van der Waals surface area contributed by atoms with Crippen molar-refractivity contribution in [2.75, 3.05) is 0 Å². The van der Waals surface area contributed by atoms with Crippen LogP contribution in [0.2, 0.25) is 0 Å². The third-order valence-electron chi connectivity index (χ3n) is 5.58. The molecule has 0 aliphatic carbocycles. The van der Waals surface area contributed by atoms with Crippen LogP contribution in [0.1, 0.15) is 53.4 Å². The fourth-order valence-electron chi connectivity index (χ4n) is 3.45. The Morgan fingerprint density at radius 3 is 2.15 bits per heavy atom. The maximum Gasteiger partial charge on any atom is 0.217 e. The summed E-state index contributed by atoms with van der Waals surface area (Å²) in [5, 5.41) is 12.0. The van der Waals surface area contributed by atoms with Gasteiger partial charge in [-0.05, 0) is 31.1 Å². The number of carbonyl (C=O) groups excluding carboxylic acids is 1. The molecule has 1 heterocycles. The Balaban J connectivity index is 0.000000324. The summed E-state index contributed by atoms with van der Waals surface area (Å²) in [6.45, 7) is 8.07. The first kappa shape index (κ1) is 28.5. The summed E-state index contributed by atoms with van der Waals surface area (Å²) in [5.74, 6) is 1.81. The molecule has 0 unspecified atom stereocenters. The van der Waals surface area contributed by atoms with E-state index in [4.69, 9.17) is 4.74 Å². The molecule has 0 saturated heterocycles. The number of hydrogen-bond acceptors (Lipinski definition) is 4. The maximum atomic E-state index is 11.7. The van der Waals surface area contributed by atoms with Crippen molar-refractivity contribution in [1.29, 1.82) is 0 Å². The average molecular weight is 625 g/mol. The number of ketones is 1. The fourth-order valence-corrected chi connectivity index (χ4v) is 3.45. The molecule has 1 aromatic heterocycles. The number of para-hydroxylation sites is 1. The Labute approximate surface area is 211 Å². The summed E-state index contributed by atoms with van der Waals surface area (Å²) in [5.41, 5.74) is 0. The van der Waals surface area contributed by atoms with Crippen LogP contribution in [0, 0.1) is 17.9 Å². The number of nitrogens with zero attached hydrogens (tertiary/aromatic N) is 1. The van der Waals surface area contributed by atoms with E-state index in [1.54, 1.807) is 0 Å². The van der Waals surface area contributed by atoms with E-state index in [1.807, 2.05) is 88.5 Å². The molecule has 0 bridgehead atoms. The SMILES string of the molecule is CCC(CC)C(=O)/C=C(\O)C(CC)CC.[Ir].[c-]1ccccc1Oc1cc2ccccc2cn1. The Kier molecular flexibility index (Phi) is 13.3. The summed E-state index contributed by atoms with van der Waals surface area (Å²) < 4.78 is 5.62. The minimum Gasteiger partial charge on any atom is -0.512 e. The van der Waals surface area contributed by atoms with Crippen LogP contribution in [0.3, 0.4) is 0 Å².